The molecule has 3 nitrogen and oxygen atoms in total. The average Bonchev–Trinajstić information content (AvgIpc) is 2.39. The predicted molar refractivity (Wildman–Crippen MR) is 39.8 cm³/mol. The zero-order valence-corrected chi connectivity index (χ0v) is 6.05. The summed E-state index contributed by atoms with van der Waals surface area (Å²) < 4.78 is 1.85. The lowest BCUT2D eigenvalue weighted by molar-refractivity contribution is 0.774. The number of rotatable bonds is 0. The summed E-state index contributed by atoms with van der Waals surface area (Å²) in [7, 11) is 1.94. The molecule has 0 spiro atoms. The van der Waals surface area contributed by atoms with Gasteiger partial charge >= 0.3 is 0 Å². The van der Waals surface area contributed by atoms with Crippen LogP contribution >= 0.6 is 0 Å². The van der Waals surface area contributed by atoms with Crippen LogP contribution in [0.15, 0.2) is 12.3 Å². The third-order valence-corrected chi connectivity index (χ3v) is 1.74. The summed E-state index contributed by atoms with van der Waals surface area (Å²) >= 11 is 0. The fourth-order valence-electron chi connectivity index (χ4n) is 1.25. The minimum atomic E-state index is 1.08. The first-order chi connectivity index (χ1) is 4.79. The number of hydrogen-bond acceptors (Lipinski definition) is 1. The van der Waals surface area contributed by atoms with Crippen molar-refractivity contribution in [3.8, 4) is 0 Å². The summed E-state index contributed by atoms with van der Waals surface area (Å²) in [6, 6.07) is 2.04. The summed E-state index contributed by atoms with van der Waals surface area (Å²) in [5.74, 6) is 0. The molecule has 2 rings (SSSR count). The van der Waals surface area contributed by atoms with Crippen LogP contribution in [0.1, 0.15) is 5.69 Å². The van der Waals surface area contributed by atoms with Crippen molar-refractivity contribution in [3.05, 3.63) is 18.0 Å². The van der Waals surface area contributed by atoms with Gasteiger partial charge in [-0.15, -0.1) is 0 Å². The smallest absolute Gasteiger partial charge is 0.135 e. The number of nitrogens with zero attached hydrogens (tertiary/aromatic N) is 2. The van der Waals surface area contributed by atoms with E-state index < -0.39 is 0 Å². The molecule has 0 aliphatic rings. The topological polar surface area (TPSA) is 33.6 Å². The van der Waals surface area contributed by atoms with E-state index in [1.807, 2.05) is 30.9 Å². The van der Waals surface area contributed by atoms with Crippen molar-refractivity contribution in [3.63, 3.8) is 0 Å². The van der Waals surface area contributed by atoms with Gasteiger partial charge in [-0.25, -0.2) is 0 Å². The number of fused-ring (bicyclic) bond motifs is 1. The third kappa shape index (κ3) is 0.518. The van der Waals surface area contributed by atoms with Gasteiger partial charge in [-0.05, 0) is 13.0 Å². The van der Waals surface area contributed by atoms with Gasteiger partial charge in [0.2, 0.25) is 0 Å². The molecule has 0 saturated carbocycles. The molecular formula is C7H9N3. The van der Waals surface area contributed by atoms with Gasteiger partial charge in [0.15, 0.2) is 0 Å². The van der Waals surface area contributed by atoms with Crippen LogP contribution in [0, 0.1) is 6.92 Å². The van der Waals surface area contributed by atoms with Crippen molar-refractivity contribution < 1.29 is 0 Å². The van der Waals surface area contributed by atoms with Crippen LogP contribution < -0.4 is 0 Å². The van der Waals surface area contributed by atoms with Crippen LogP contribution in [0.2, 0.25) is 0 Å². The van der Waals surface area contributed by atoms with Gasteiger partial charge in [-0.1, -0.05) is 0 Å². The van der Waals surface area contributed by atoms with Crippen LogP contribution in [0.3, 0.4) is 0 Å². The molecule has 0 unspecified atom stereocenters. The molecule has 0 bridgehead atoms. The summed E-state index contributed by atoms with van der Waals surface area (Å²) in [5, 5.41) is 5.45. The highest BCUT2D eigenvalue weighted by molar-refractivity contribution is 5.78. The van der Waals surface area contributed by atoms with E-state index in [9.17, 15) is 0 Å². The number of nitrogens with one attached hydrogen (secondary N) is 1. The number of H-pyrrole nitrogens is 1. The molecule has 2 aromatic heterocycles. The van der Waals surface area contributed by atoms with Gasteiger partial charge in [0.05, 0.1) is 5.69 Å². The molecule has 2 heterocycles. The second kappa shape index (κ2) is 1.62. The molecule has 0 radical (unpaired) electrons. The van der Waals surface area contributed by atoms with Gasteiger partial charge in [0.1, 0.15) is 5.65 Å². The van der Waals surface area contributed by atoms with Crippen LogP contribution in [0.25, 0.3) is 11.0 Å². The van der Waals surface area contributed by atoms with Crippen LogP contribution in [0.4, 0.5) is 0 Å². The fourth-order valence-corrected chi connectivity index (χ4v) is 1.25. The zero-order valence-electron chi connectivity index (χ0n) is 6.05. The molecule has 3 heteroatoms. The van der Waals surface area contributed by atoms with E-state index >= 15 is 0 Å². The molecule has 0 aliphatic heterocycles. The monoisotopic (exact) mass is 135 g/mol. The van der Waals surface area contributed by atoms with Gasteiger partial charge in [0.25, 0.3) is 0 Å². The standard InChI is InChI=1S/C7H9N3/c1-5-6-3-4-8-7(6)10(2)9-5/h3-4,8H,1-2H3. The van der Waals surface area contributed by atoms with E-state index in [-0.39, 0.29) is 0 Å². The van der Waals surface area contributed by atoms with Gasteiger partial charge in [0, 0.05) is 18.6 Å². The molecule has 2 aromatic rings. The number of aryl methyl sites for hydroxylation is 2. The molecule has 0 saturated heterocycles. The summed E-state index contributed by atoms with van der Waals surface area (Å²) in [6.07, 6.45) is 1.93. The van der Waals surface area contributed by atoms with Crippen molar-refractivity contribution in [2.24, 2.45) is 7.05 Å². The number of hydrogen-bond donors (Lipinski definition) is 1. The zero-order chi connectivity index (χ0) is 7.14. The molecule has 0 fully saturated rings. The van der Waals surface area contributed by atoms with Crippen molar-refractivity contribution in [1.82, 2.24) is 14.8 Å². The van der Waals surface area contributed by atoms with Crippen LogP contribution in [0.5, 0.6) is 0 Å². The van der Waals surface area contributed by atoms with Gasteiger partial charge in [-0.2, -0.15) is 5.10 Å². The van der Waals surface area contributed by atoms with Crippen molar-refractivity contribution >= 4 is 11.0 Å². The first-order valence-corrected chi connectivity index (χ1v) is 3.26. The molecule has 1 N–H and O–H groups in total. The van der Waals surface area contributed by atoms with E-state index in [1.165, 1.54) is 5.39 Å². The molecule has 52 valence electrons. The Morgan fingerprint density at radius 3 is 3.10 bits per heavy atom. The predicted octanol–water partition coefficient (Wildman–Crippen LogP) is 1.21. The lowest BCUT2D eigenvalue weighted by Crippen LogP contribution is -1.89. The Bertz CT molecular complexity index is 324. The average molecular weight is 135 g/mol. The second-order valence-electron chi connectivity index (χ2n) is 2.45. The maximum absolute atomic E-state index is 4.24. The fraction of sp³-hybridized carbons (Fsp3) is 0.286. The Balaban J connectivity index is 2.98. The first kappa shape index (κ1) is 5.53. The molecule has 0 atom stereocenters. The van der Waals surface area contributed by atoms with E-state index in [1.54, 1.807) is 0 Å². The number of aromatic amines is 1. The van der Waals surface area contributed by atoms with Crippen LogP contribution in [-0.4, -0.2) is 14.8 Å². The maximum Gasteiger partial charge on any atom is 0.135 e. The lowest BCUT2D eigenvalue weighted by atomic mass is 10.3. The summed E-state index contributed by atoms with van der Waals surface area (Å²) in [4.78, 5) is 3.11. The lowest BCUT2D eigenvalue weighted by Gasteiger charge is -1.85. The van der Waals surface area contributed by atoms with Gasteiger partial charge in [-0.3, -0.25) is 4.68 Å². The molecule has 0 aliphatic carbocycles. The normalized spacial score (nSPS) is 11.0. The quantitative estimate of drug-likeness (QED) is 0.578. The van der Waals surface area contributed by atoms with E-state index in [0.717, 1.165) is 11.3 Å². The highest BCUT2D eigenvalue weighted by atomic mass is 15.3. The first-order valence-electron chi connectivity index (χ1n) is 3.26. The Kier molecular flexibility index (Phi) is 0.897. The van der Waals surface area contributed by atoms with Crippen molar-refractivity contribution in [2.75, 3.05) is 0 Å². The number of aromatic nitrogens is 3. The molecule has 0 aromatic carbocycles. The highest BCUT2D eigenvalue weighted by Crippen LogP contribution is 2.13. The van der Waals surface area contributed by atoms with E-state index in [2.05, 4.69) is 10.1 Å². The van der Waals surface area contributed by atoms with E-state index in [4.69, 9.17) is 0 Å². The largest absolute Gasteiger partial charge is 0.346 e. The Hall–Kier alpha value is -1.25. The molecule has 0 amide bonds. The van der Waals surface area contributed by atoms with Crippen molar-refractivity contribution in [2.45, 2.75) is 6.92 Å². The minimum Gasteiger partial charge on any atom is -0.346 e. The second-order valence-corrected chi connectivity index (χ2v) is 2.45. The SMILES string of the molecule is Cc1nn(C)c2[nH]ccc12. The Labute approximate surface area is 58.7 Å². The van der Waals surface area contributed by atoms with Crippen molar-refractivity contribution in [1.29, 1.82) is 0 Å². The minimum absolute atomic E-state index is 1.08. The molecular weight excluding hydrogens is 126 g/mol. The maximum atomic E-state index is 4.24. The van der Waals surface area contributed by atoms with Crippen LogP contribution in [-0.2, 0) is 7.05 Å². The third-order valence-electron chi connectivity index (χ3n) is 1.74. The summed E-state index contributed by atoms with van der Waals surface area (Å²) in [5.41, 5.74) is 2.18. The highest BCUT2D eigenvalue weighted by Gasteiger charge is 2.02. The Morgan fingerprint density at radius 1 is 1.60 bits per heavy atom. The molecule has 10 heavy (non-hydrogen) atoms. The summed E-state index contributed by atoms with van der Waals surface area (Å²) in [6.45, 7) is 2.01. The van der Waals surface area contributed by atoms with E-state index in [0.29, 0.717) is 0 Å². The van der Waals surface area contributed by atoms with Gasteiger partial charge < -0.3 is 4.98 Å². The Morgan fingerprint density at radius 2 is 2.40 bits per heavy atom.